The van der Waals surface area contributed by atoms with Gasteiger partial charge in [0.25, 0.3) is 0 Å². The van der Waals surface area contributed by atoms with Crippen LogP contribution in [0, 0.1) is 0 Å². The zero-order chi connectivity index (χ0) is 20.5. The van der Waals surface area contributed by atoms with Crippen molar-refractivity contribution in [2.75, 3.05) is 6.61 Å². The predicted molar refractivity (Wildman–Crippen MR) is 113 cm³/mol. The number of ether oxygens (including phenoxy) is 1. The Bertz CT molecular complexity index is 965. The van der Waals surface area contributed by atoms with E-state index in [1.807, 2.05) is 18.2 Å². The molecule has 1 saturated heterocycles. The summed E-state index contributed by atoms with van der Waals surface area (Å²) in [5, 5.41) is 41.1. The summed E-state index contributed by atoms with van der Waals surface area (Å²) in [5.74, 6) is 0. The number of hydrogen-bond donors (Lipinski definition) is 4. The number of fused-ring (bicyclic) bond motifs is 1. The fourth-order valence-electron chi connectivity index (χ4n) is 3.87. The molecule has 5 nitrogen and oxygen atoms in total. The van der Waals surface area contributed by atoms with Crippen LogP contribution in [0.4, 0.5) is 0 Å². The summed E-state index contributed by atoms with van der Waals surface area (Å²) in [5.41, 5.74) is 3.73. The molecule has 4 rings (SSSR count). The number of benzene rings is 2. The third-order valence-electron chi connectivity index (χ3n) is 5.64. The second kappa shape index (κ2) is 8.52. The lowest BCUT2D eigenvalue weighted by Crippen LogP contribution is -2.55. The molecule has 0 radical (unpaired) electrons. The minimum atomic E-state index is -1.37. The van der Waals surface area contributed by atoms with Crippen LogP contribution < -0.4 is 0 Å². The van der Waals surface area contributed by atoms with Crippen LogP contribution in [0.5, 0.6) is 0 Å². The van der Waals surface area contributed by atoms with Gasteiger partial charge in [0.2, 0.25) is 0 Å². The molecule has 0 spiro atoms. The molecule has 29 heavy (non-hydrogen) atoms. The maximum Gasteiger partial charge on any atom is 0.121 e. The topological polar surface area (TPSA) is 90.2 Å². The highest BCUT2D eigenvalue weighted by molar-refractivity contribution is 7.19. The van der Waals surface area contributed by atoms with Crippen molar-refractivity contribution in [3.63, 3.8) is 0 Å². The fourth-order valence-corrected chi connectivity index (χ4v) is 5.12. The van der Waals surface area contributed by atoms with Gasteiger partial charge in [-0.25, -0.2) is 0 Å². The molecule has 1 aliphatic rings. The lowest BCUT2D eigenvalue weighted by Gasteiger charge is -2.39. The maximum absolute atomic E-state index is 10.4. The van der Waals surface area contributed by atoms with Crippen molar-refractivity contribution in [2.45, 2.75) is 50.3 Å². The lowest BCUT2D eigenvalue weighted by molar-refractivity contribution is -0.230. The van der Waals surface area contributed by atoms with Crippen LogP contribution in [0.15, 0.2) is 48.5 Å². The van der Waals surface area contributed by atoms with Crippen molar-refractivity contribution in [1.82, 2.24) is 0 Å². The molecule has 4 N–H and O–H groups in total. The molecule has 3 aromatic rings. The minimum Gasteiger partial charge on any atom is -0.394 e. The average molecular weight is 415 g/mol. The van der Waals surface area contributed by atoms with E-state index < -0.39 is 37.1 Å². The van der Waals surface area contributed by atoms with E-state index in [-0.39, 0.29) is 0 Å². The first-order valence-corrected chi connectivity index (χ1v) is 10.7. The minimum absolute atomic E-state index is 0.425. The summed E-state index contributed by atoms with van der Waals surface area (Å²) < 4.78 is 6.84. The summed E-state index contributed by atoms with van der Waals surface area (Å²) in [6.07, 6.45) is -3.85. The molecule has 5 atom stereocenters. The van der Waals surface area contributed by atoms with Crippen LogP contribution in [0.1, 0.15) is 34.6 Å². The zero-order valence-electron chi connectivity index (χ0n) is 16.2. The third-order valence-corrected chi connectivity index (χ3v) is 6.93. The van der Waals surface area contributed by atoms with Gasteiger partial charge >= 0.3 is 0 Å². The molecule has 0 bridgehead atoms. The van der Waals surface area contributed by atoms with E-state index >= 15 is 0 Å². The van der Waals surface area contributed by atoms with Crippen molar-refractivity contribution in [1.29, 1.82) is 0 Å². The summed E-state index contributed by atoms with van der Waals surface area (Å²) >= 11 is 1.52. The van der Waals surface area contributed by atoms with E-state index in [0.717, 1.165) is 27.8 Å². The van der Waals surface area contributed by atoms with Crippen LogP contribution in [-0.4, -0.2) is 51.4 Å². The number of aliphatic hydroxyl groups is 4. The first-order valence-electron chi connectivity index (χ1n) is 9.91. The van der Waals surface area contributed by atoms with Crippen LogP contribution in [0.3, 0.4) is 0 Å². The van der Waals surface area contributed by atoms with Crippen molar-refractivity contribution < 1.29 is 25.2 Å². The molecule has 2 heterocycles. The molecule has 2 aromatic carbocycles. The van der Waals surface area contributed by atoms with E-state index in [9.17, 15) is 20.4 Å². The van der Waals surface area contributed by atoms with E-state index in [1.165, 1.54) is 28.0 Å². The second-order valence-corrected chi connectivity index (χ2v) is 8.66. The Kier molecular flexibility index (Phi) is 6.01. The molecule has 0 amide bonds. The maximum atomic E-state index is 10.4. The summed E-state index contributed by atoms with van der Waals surface area (Å²) in [4.78, 5) is 0.769. The van der Waals surface area contributed by atoms with Gasteiger partial charge in [-0.3, -0.25) is 0 Å². The highest BCUT2D eigenvalue weighted by Crippen LogP contribution is 2.39. The molecule has 1 aliphatic heterocycles. The first-order chi connectivity index (χ1) is 14.0. The van der Waals surface area contributed by atoms with Crippen molar-refractivity contribution in [3.8, 4) is 0 Å². The first kappa shape index (κ1) is 20.5. The van der Waals surface area contributed by atoms with Gasteiger partial charge < -0.3 is 25.2 Å². The molecule has 1 aromatic heterocycles. The van der Waals surface area contributed by atoms with E-state index in [1.54, 1.807) is 0 Å². The molecule has 6 heteroatoms. The predicted octanol–water partition coefficient (Wildman–Crippen LogP) is 2.57. The normalized spacial score (nSPS) is 27.4. The molecule has 0 unspecified atom stereocenters. The van der Waals surface area contributed by atoms with E-state index in [4.69, 9.17) is 4.74 Å². The highest BCUT2D eigenvalue weighted by atomic mass is 32.1. The molecule has 1 fully saturated rings. The molecule has 0 saturated carbocycles. The monoisotopic (exact) mass is 414 g/mol. The zero-order valence-corrected chi connectivity index (χ0v) is 17.0. The number of aryl methyl sites for hydroxylation is 1. The SMILES string of the molecule is CCc1ccc(Cc2cccc3cc([C@@H]4O[C@H](CO)[C@@H](O)[C@H](O)[C@H]4O)sc23)cc1. The lowest BCUT2D eigenvalue weighted by atomic mass is 9.94. The van der Waals surface area contributed by atoms with Crippen molar-refractivity contribution in [2.24, 2.45) is 0 Å². The van der Waals surface area contributed by atoms with Gasteiger partial charge in [-0.2, -0.15) is 0 Å². The molecular formula is C23H26O5S. The van der Waals surface area contributed by atoms with Gasteiger partial charge in [0.15, 0.2) is 0 Å². The Morgan fingerprint density at radius 3 is 2.34 bits per heavy atom. The van der Waals surface area contributed by atoms with Gasteiger partial charge in [-0.1, -0.05) is 49.4 Å². The summed E-state index contributed by atoms with van der Waals surface area (Å²) in [6.45, 7) is 1.72. The van der Waals surface area contributed by atoms with Gasteiger partial charge in [0, 0.05) is 9.58 Å². The highest BCUT2D eigenvalue weighted by Gasteiger charge is 2.44. The number of thiophene rings is 1. The summed E-state index contributed by atoms with van der Waals surface area (Å²) in [6, 6.07) is 16.7. The van der Waals surface area contributed by atoms with Gasteiger partial charge in [-0.15, -0.1) is 11.3 Å². The smallest absolute Gasteiger partial charge is 0.121 e. The number of hydrogen-bond acceptors (Lipinski definition) is 6. The molecular weight excluding hydrogens is 388 g/mol. The van der Waals surface area contributed by atoms with Gasteiger partial charge in [0.1, 0.15) is 30.5 Å². The quantitative estimate of drug-likeness (QED) is 0.515. The van der Waals surface area contributed by atoms with Crippen molar-refractivity contribution in [3.05, 3.63) is 70.1 Å². The Hall–Kier alpha value is -1.80. The fraction of sp³-hybridized carbons (Fsp3) is 0.391. The third kappa shape index (κ3) is 3.97. The number of aliphatic hydroxyl groups excluding tert-OH is 4. The van der Waals surface area contributed by atoms with E-state index in [0.29, 0.717) is 0 Å². The molecule has 154 valence electrons. The average Bonchev–Trinajstić information content (AvgIpc) is 3.18. The van der Waals surface area contributed by atoms with E-state index in [2.05, 4.69) is 37.3 Å². The van der Waals surface area contributed by atoms with Crippen LogP contribution in [-0.2, 0) is 17.6 Å². The van der Waals surface area contributed by atoms with Crippen LogP contribution in [0.2, 0.25) is 0 Å². The largest absolute Gasteiger partial charge is 0.394 e. The van der Waals surface area contributed by atoms with Gasteiger partial charge in [0.05, 0.1) is 6.61 Å². The standard InChI is InChI=1S/C23H26O5S/c1-2-13-6-8-14(9-7-13)10-15-4-3-5-16-11-18(29-23(15)16)22-21(27)20(26)19(25)17(12-24)28-22/h3-9,11,17,19-22,24-27H,2,10,12H2,1H3/t17-,19-,20+,21-,22+/m1/s1. The number of rotatable bonds is 5. The van der Waals surface area contributed by atoms with Gasteiger partial charge in [-0.05, 0) is 41.0 Å². The Morgan fingerprint density at radius 2 is 1.66 bits per heavy atom. The molecule has 0 aliphatic carbocycles. The summed E-state index contributed by atoms with van der Waals surface area (Å²) in [7, 11) is 0. The Morgan fingerprint density at radius 1 is 0.931 bits per heavy atom. The Labute approximate surface area is 173 Å². The van der Waals surface area contributed by atoms with Crippen LogP contribution in [0.25, 0.3) is 10.1 Å². The second-order valence-electron chi connectivity index (χ2n) is 7.58. The van der Waals surface area contributed by atoms with Crippen molar-refractivity contribution >= 4 is 21.4 Å². The Balaban J connectivity index is 1.65. The van der Waals surface area contributed by atoms with Crippen LogP contribution >= 0.6 is 11.3 Å².